The van der Waals surface area contributed by atoms with E-state index in [1.54, 1.807) is 6.07 Å². The molecule has 1 heterocycles. The zero-order valence-corrected chi connectivity index (χ0v) is 13.2. The summed E-state index contributed by atoms with van der Waals surface area (Å²) in [6.07, 6.45) is 2.21. The van der Waals surface area contributed by atoms with Crippen LogP contribution in [0.25, 0.3) is 0 Å². The van der Waals surface area contributed by atoms with Gasteiger partial charge in [-0.3, -0.25) is 4.90 Å². The van der Waals surface area contributed by atoms with Crippen molar-refractivity contribution in [2.24, 2.45) is 5.92 Å². The van der Waals surface area contributed by atoms with E-state index in [4.69, 9.17) is 0 Å². The summed E-state index contributed by atoms with van der Waals surface area (Å²) < 4.78 is 26.4. The molecule has 0 aliphatic carbocycles. The number of hydrogen-bond acceptors (Lipinski definition) is 2. The van der Waals surface area contributed by atoms with Crippen molar-refractivity contribution in [2.45, 2.75) is 52.2 Å². The Hall–Kier alpha value is -1.00. The molecular weight excluding hydrogens is 270 g/mol. The molecule has 118 valence electrons. The highest BCUT2D eigenvalue weighted by Gasteiger charge is 2.30. The molecule has 0 saturated carbocycles. The number of piperazine rings is 1. The molecule has 1 aliphatic heterocycles. The summed E-state index contributed by atoms with van der Waals surface area (Å²) in [7, 11) is 0. The van der Waals surface area contributed by atoms with Crippen molar-refractivity contribution in [2.75, 3.05) is 13.1 Å². The van der Waals surface area contributed by atoms with Crippen LogP contribution in [-0.2, 0) is 6.54 Å². The largest absolute Gasteiger partial charge is 0.311 e. The molecule has 0 amide bonds. The Labute approximate surface area is 126 Å². The van der Waals surface area contributed by atoms with Crippen molar-refractivity contribution < 1.29 is 8.78 Å². The van der Waals surface area contributed by atoms with E-state index in [9.17, 15) is 8.78 Å². The summed E-state index contributed by atoms with van der Waals surface area (Å²) in [5, 5.41) is 3.59. The van der Waals surface area contributed by atoms with Gasteiger partial charge in [0, 0.05) is 31.7 Å². The molecule has 3 atom stereocenters. The van der Waals surface area contributed by atoms with Gasteiger partial charge in [-0.1, -0.05) is 33.3 Å². The first-order chi connectivity index (χ1) is 10.0. The molecule has 2 rings (SSSR count). The molecule has 1 fully saturated rings. The van der Waals surface area contributed by atoms with Crippen LogP contribution in [0.1, 0.15) is 39.2 Å². The summed E-state index contributed by atoms with van der Waals surface area (Å²) in [6.45, 7) is 9.26. The van der Waals surface area contributed by atoms with Gasteiger partial charge in [-0.15, -0.1) is 0 Å². The third-order valence-electron chi connectivity index (χ3n) is 4.70. The molecule has 0 spiro atoms. The average Bonchev–Trinajstić information content (AvgIpc) is 2.50. The van der Waals surface area contributed by atoms with Crippen molar-refractivity contribution in [1.82, 2.24) is 10.2 Å². The summed E-state index contributed by atoms with van der Waals surface area (Å²) in [4.78, 5) is 2.42. The van der Waals surface area contributed by atoms with E-state index in [-0.39, 0.29) is 0 Å². The Balaban J connectivity index is 2.12. The van der Waals surface area contributed by atoms with E-state index < -0.39 is 11.6 Å². The smallest absolute Gasteiger partial charge is 0.159 e. The molecule has 1 aromatic rings. The van der Waals surface area contributed by atoms with Crippen LogP contribution < -0.4 is 5.32 Å². The fraction of sp³-hybridized carbons (Fsp3) is 0.647. The van der Waals surface area contributed by atoms with Crippen LogP contribution in [0.15, 0.2) is 18.2 Å². The predicted octanol–water partition coefficient (Wildman–Crippen LogP) is 3.56. The Bertz CT molecular complexity index is 464. The van der Waals surface area contributed by atoms with Crippen molar-refractivity contribution >= 4 is 0 Å². The van der Waals surface area contributed by atoms with E-state index >= 15 is 0 Å². The second-order valence-electron chi connectivity index (χ2n) is 6.14. The average molecular weight is 296 g/mol. The Morgan fingerprint density at radius 3 is 2.67 bits per heavy atom. The van der Waals surface area contributed by atoms with E-state index in [1.807, 2.05) is 0 Å². The monoisotopic (exact) mass is 296 g/mol. The first kappa shape index (κ1) is 16.4. The number of halogens is 2. The second-order valence-corrected chi connectivity index (χ2v) is 6.14. The SMILES string of the molecule is CCC1CN(Cc2ccc(F)c(F)c2)C(C(C)CC)CN1. The van der Waals surface area contributed by atoms with Crippen LogP contribution in [0.5, 0.6) is 0 Å². The van der Waals surface area contributed by atoms with Gasteiger partial charge in [0.25, 0.3) is 0 Å². The predicted molar refractivity (Wildman–Crippen MR) is 82.1 cm³/mol. The summed E-state index contributed by atoms with van der Waals surface area (Å²) in [6, 6.07) is 5.17. The first-order valence-corrected chi connectivity index (χ1v) is 7.96. The molecule has 0 bridgehead atoms. The Morgan fingerprint density at radius 1 is 1.29 bits per heavy atom. The van der Waals surface area contributed by atoms with E-state index in [2.05, 4.69) is 31.0 Å². The normalized spacial score (nSPS) is 25.0. The van der Waals surface area contributed by atoms with Crippen molar-refractivity contribution in [3.05, 3.63) is 35.4 Å². The molecule has 2 nitrogen and oxygen atoms in total. The van der Waals surface area contributed by atoms with E-state index in [1.165, 1.54) is 12.1 Å². The van der Waals surface area contributed by atoms with Crippen LogP contribution in [0.3, 0.4) is 0 Å². The summed E-state index contributed by atoms with van der Waals surface area (Å²) in [5.41, 5.74) is 0.846. The lowest BCUT2D eigenvalue weighted by atomic mass is 9.93. The van der Waals surface area contributed by atoms with E-state index in [0.717, 1.165) is 31.5 Å². The molecule has 21 heavy (non-hydrogen) atoms. The fourth-order valence-corrected chi connectivity index (χ4v) is 3.06. The molecule has 0 radical (unpaired) electrons. The van der Waals surface area contributed by atoms with Gasteiger partial charge in [-0.05, 0) is 30.0 Å². The lowest BCUT2D eigenvalue weighted by Crippen LogP contribution is -2.57. The molecule has 0 aromatic heterocycles. The molecule has 4 heteroatoms. The number of nitrogens with zero attached hydrogens (tertiary/aromatic N) is 1. The zero-order valence-electron chi connectivity index (χ0n) is 13.2. The quantitative estimate of drug-likeness (QED) is 0.893. The number of rotatable bonds is 5. The lowest BCUT2D eigenvalue weighted by Gasteiger charge is -2.43. The Morgan fingerprint density at radius 2 is 2.05 bits per heavy atom. The molecule has 1 N–H and O–H groups in total. The molecular formula is C17H26F2N2. The molecule has 3 unspecified atom stereocenters. The van der Waals surface area contributed by atoms with Crippen LogP contribution in [-0.4, -0.2) is 30.1 Å². The number of nitrogens with one attached hydrogen (secondary N) is 1. The minimum absolute atomic E-state index is 0.450. The van der Waals surface area contributed by atoms with Gasteiger partial charge in [-0.2, -0.15) is 0 Å². The standard InChI is InChI=1S/C17H26F2N2/c1-4-12(3)17-9-20-14(5-2)11-21(17)10-13-6-7-15(18)16(19)8-13/h6-8,12,14,17,20H,4-5,9-11H2,1-3H3. The van der Waals surface area contributed by atoms with Crippen molar-refractivity contribution in [3.8, 4) is 0 Å². The van der Waals surface area contributed by atoms with Crippen molar-refractivity contribution in [1.29, 1.82) is 0 Å². The van der Waals surface area contributed by atoms with Crippen LogP contribution in [0.4, 0.5) is 8.78 Å². The van der Waals surface area contributed by atoms with Gasteiger partial charge in [0.2, 0.25) is 0 Å². The highest BCUT2D eigenvalue weighted by molar-refractivity contribution is 5.18. The van der Waals surface area contributed by atoms with Gasteiger partial charge >= 0.3 is 0 Å². The van der Waals surface area contributed by atoms with Gasteiger partial charge in [0.05, 0.1) is 0 Å². The van der Waals surface area contributed by atoms with Crippen LogP contribution in [0, 0.1) is 17.6 Å². The first-order valence-electron chi connectivity index (χ1n) is 7.96. The van der Waals surface area contributed by atoms with Gasteiger partial charge < -0.3 is 5.32 Å². The maximum Gasteiger partial charge on any atom is 0.159 e. The molecule has 1 aromatic carbocycles. The fourth-order valence-electron chi connectivity index (χ4n) is 3.06. The maximum atomic E-state index is 13.4. The highest BCUT2D eigenvalue weighted by Crippen LogP contribution is 2.22. The molecule has 1 aliphatic rings. The third-order valence-corrected chi connectivity index (χ3v) is 4.70. The second kappa shape index (κ2) is 7.32. The summed E-state index contributed by atoms with van der Waals surface area (Å²) in [5.74, 6) is -0.945. The maximum absolute atomic E-state index is 13.4. The van der Waals surface area contributed by atoms with E-state index in [0.29, 0.717) is 24.5 Å². The van der Waals surface area contributed by atoms with Crippen LogP contribution in [0.2, 0.25) is 0 Å². The highest BCUT2D eigenvalue weighted by atomic mass is 19.2. The van der Waals surface area contributed by atoms with Gasteiger partial charge in [0.1, 0.15) is 0 Å². The minimum atomic E-state index is -0.774. The van der Waals surface area contributed by atoms with Gasteiger partial charge in [-0.25, -0.2) is 8.78 Å². The van der Waals surface area contributed by atoms with Crippen molar-refractivity contribution in [3.63, 3.8) is 0 Å². The summed E-state index contributed by atoms with van der Waals surface area (Å²) >= 11 is 0. The third kappa shape index (κ3) is 4.01. The Kier molecular flexibility index (Phi) is 5.71. The van der Waals surface area contributed by atoms with Gasteiger partial charge in [0.15, 0.2) is 11.6 Å². The minimum Gasteiger partial charge on any atom is -0.311 e. The molecule has 1 saturated heterocycles. The number of hydrogen-bond donors (Lipinski definition) is 1. The number of benzene rings is 1. The topological polar surface area (TPSA) is 15.3 Å². The zero-order chi connectivity index (χ0) is 15.4. The lowest BCUT2D eigenvalue weighted by molar-refractivity contribution is 0.0831. The van der Waals surface area contributed by atoms with Crippen LogP contribution >= 0.6 is 0 Å².